The fourth-order valence-electron chi connectivity index (χ4n) is 0.775. The van der Waals surface area contributed by atoms with Crippen LogP contribution >= 0.6 is 0 Å². The van der Waals surface area contributed by atoms with E-state index in [-0.39, 0.29) is 4.90 Å². The van der Waals surface area contributed by atoms with Gasteiger partial charge in [-0.1, -0.05) is 0 Å². The van der Waals surface area contributed by atoms with Crippen LogP contribution in [-0.4, -0.2) is 20.4 Å². The van der Waals surface area contributed by atoms with Crippen molar-refractivity contribution in [1.82, 2.24) is 9.71 Å². The van der Waals surface area contributed by atoms with Crippen molar-refractivity contribution in [2.45, 2.75) is 4.90 Å². The number of nitrogens with zero attached hydrogens (tertiary/aromatic N) is 1. The predicted molar refractivity (Wildman–Crippen MR) is 48.3 cm³/mol. The average Bonchev–Trinajstić information content (AvgIpc) is 2.18. The van der Waals surface area contributed by atoms with E-state index >= 15 is 0 Å². The number of nitrogens with two attached hydrogens (primary N) is 1. The van der Waals surface area contributed by atoms with Crippen molar-refractivity contribution in [1.29, 1.82) is 0 Å². The highest BCUT2D eigenvalue weighted by molar-refractivity contribution is 7.89. The third-order valence-corrected chi connectivity index (χ3v) is 2.87. The summed E-state index contributed by atoms with van der Waals surface area (Å²) in [6, 6.07) is 2.72. The van der Waals surface area contributed by atoms with Gasteiger partial charge in [0.25, 0.3) is 0 Å². The molecule has 0 fully saturated rings. The van der Waals surface area contributed by atoms with Crippen LogP contribution in [0.2, 0.25) is 0 Å². The molecule has 0 aromatic carbocycles. The maximum absolute atomic E-state index is 11.3. The lowest BCUT2D eigenvalue weighted by Gasteiger charge is -2.03. The van der Waals surface area contributed by atoms with E-state index in [0.717, 1.165) is 0 Å². The van der Waals surface area contributed by atoms with E-state index in [4.69, 9.17) is 5.84 Å². The number of nitrogens with one attached hydrogen (secondary N) is 2. The van der Waals surface area contributed by atoms with Crippen molar-refractivity contribution in [3.8, 4) is 0 Å². The molecule has 72 valence electrons. The smallest absolute Gasteiger partial charge is 0.240 e. The minimum absolute atomic E-state index is 0.123. The lowest BCUT2D eigenvalue weighted by molar-refractivity contribution is 0.588. The fraction of sp³-hybridized carbons (Fsp3) is 0.167. The molecule has 0 aliphatic carbocycles. The summed E-state index contributed by atoms with van der Waals surface area (Å²) in [4.78, 5) is 3.90. The van der Waals surface area contributed by atoms with Crippen molar-refractivity contribution < 1.29 is 8.42 Å². The van der Waals surface area contributed by atoms with E-state index in [9.17, 15) is 8.42 Å². The molecule has 0 bridgehead atoms. The minimum Gasteiger partial charge on any atom is -0.308 e. The summed E-state index contributed by atoms with van der Waals surface area (Å²) in [5.41, 5.74) is 2.26. The maximum Gasteiger partial charge on any atom is 0.240 e. The van der Waals surface area contributed by atoms with E-state index < -0.39 is 10.0 Å². The Morgan fingerprint density at radius 3 is 2.77 bits per heavy atom. The van der Waals surface area contributed by atoms with Gasteiger partial charge in [0.15, 0.2) is 0 Å². The van der Waals surface area contributed by atoms with Gasteiger partial charge in [-0.3, -0.25) is 0 Å². The summed E-state index contributed by atoms with van der Waals surface area (Å²) in [6.07, 6.45) is 1.36. The number of sulfonamides is 1. The summed E-state index contributed by atoms with van der Waals surface area (Å²) in [7, 11) is -2.08. The topological polar surface area (TPSA) is 97.1 Å². The van der Waals surface area contributed by atoms with Crippen molar-refractivity contribution in [3.63, 3.8) is 0 Å². The molecule has 0 saturated carbocycles. The van der Waals surface area contributed by atoms with Crippen LogP contribution in [0.4, 0.5) is 5.82 Å². The lowest BCUT2D eigenvalue weighted by Crippen LogP contribution is -2.19. The highest BCUT2D eigenvalue weighted by Gasteiger charge is 2.11. The van der Waals surface area contributed by atoms with Crippen LogP contribution in [0.15, 0.2) is 23.2 Å². The summed E-state index contributed by atoms with van der Waals surface area (Å²) in [5.74, 6) is 5.38. The van der Waals surface area contributed by atoms with E-state index in [0.29, 0.717) is 5.82 Å². The molecule has 13 heavy (non-hydrogen) atoms. The lowest BCUT2D eigenvalue weighted by atomic mass is 10.5. The van der Waals surface area contributed by atoms with E-state index in [1.807, 2.05) is 0 Å². The Morgan fingerprint density at radius 1 is 1.54 bits per heavy atom. The second-order valence-corrected chi connectivity index (χ2v) is 4.12. The molecule has 0 saturated heterocycles. The summed E-state index contributed by atoms with van der Waals surface area (Å²) in [5, 5.41) is 0. The summed E-state index contributed by atoms with van der Waals surface area (Å²) in [6.45, 7) is 0. The second-order valence-electron chi connectivity index (χ2n) is 2.23. The highest BCUT2D eigenvalue weighted by Crippen LogP contribution is 2.10. The van der Waals surface area contributed by atoms with Gasteiger partial charge in [0.05, 0.1) is 4.90 Å². The molecule has 0 radical (unpaired) electrons. The molecule has 1 heterocycles. The molecule has 1 aromatic rings. The number of hydrogen-bond acceptors (Lipinski definition) is 5. The molecular formula is C6H10N4O2S. The molecule has 7 heteroatoms. The number of pyridine rings is 1. The average molecular weight is 202 g/mol. The van der Waals surface area contributed by atoms with Gasteiger partial charge in [0.2, 0.25) is 10.0 Å². The van der Waals surface area contributed by atoms with E-state index in [1.54, 1.807) is 0 Å². The van der Waals surface area contributed by atoms with Gasteiger partial charge >= 0.3 is 0 Å². The zero-order chi connectivity index (χ0) is 9.90. The summed E-state index contributed by atoms with van der Waals surface area (Å²) < 4.78 is 24.7. The standard InChI is InChI=1S/C6H10N4O2S/c1-8-13(11,12)5-2-3-9-6(4-5)10-7/h2-4,8H,7H2,1H3,(H,9,10). The van der Waals surface area contributed by atoms with E-state index in [1.165, 1.54) is 25.4 Å². The van der Waals surface area contributed by atoms with Crippen molar-refractivity contribution in [2.24, 2.45) is 5.84 Å². The molecular weight excluding hydrogens is 192 g/mol. The third kappa shape index (κ3) is 2.14. The Morgan fingerprint density at radius 2 is 2.23 bits per heavy atom. The first-order chi connectivity index (χ1) is 6.10. The Bertz CT molecular complexity index is 389. The summed E-state index contributed by atoms with van der Waals surface area (Å²) >= 11 is 0. The molecule has 1 rings (SSSR count). The van der Waals surface area contributed by atoms with Crippen LogP contribution in [0.5, 0.6) is 0 Å². The molecule has 0 amide bonds. The number of anilines is 1. The molecule has 1 aromatic heterocycles. The molecule has 6 nitrogen and oxygen atoms in total. The quantitative estimate of drug-likeness (QED) is 0.443. The molecule has 0 atom stereocenters. The number of nitrogen functional groups attached to an aromatic ring is 1. The van der Waals surface area contributed by atoms with Gasteiger partial charge in [-0.25, -0.2) is 24.0 Å². The minimum atomic E-state index is -3.42. The second kappa shape index (κ2) is 3.69. The Hall–Kier alpha value is -1.18. The molecule has 0 unspecified atom stereocenters. The van der Waals surface area contributed by atoms with Gasteiger partial charge in [0, 0.05) is 12.3 Å². The van der Waals surface area contributed by atoms with Gasteiger partial charge < -0.3 is 5.43 Å². The van der Waals surface area contributed by atoms with Crippen LogP contribution in [0.1, 0.15) is 0 Å². The molecule has 4 N–H and O–H groups in total. The Kier molecular flexibility index (Phi) is 2.81. The zero-order valence-electron chi connectivity index (χ0n) is 6.98. The van der Waals surface area contributed by atoms with E-state index in [2.05, 4.69) is 15.1 Å². The van der Waals surface area contributed by atoms with Crippen LogP contribution in [0.3, 0.4) is 0 Å². The number of aromatic nitrogens is 1. The molecule has 0 spiro atoms. The third-order valence-electron chi connectivity index (χ3n) is 1.46. The SMILES string of the molecule is CNS(=O)(=O)c1ccnc(NN)c1. The zero-order valence-corrected chi connectivity index (χ0v) is 7.80. The van der Waals surface area contributed by atoms with Crippen LogP contribution < -0.4 is 16.0 Å². The van der Waals surface area contributed by atoms with Gasteiger partial charge in [-0.05, 0) is 13.1 Å². The first kappa shape index (κ1) is 9.90. The molecule has 0 aliphatic heterocycles. The normalized spacial score (nSPS) is 11.2. The van der Waals surface area contributed by atoms with Crippen LogP contribution in [0, 0.1) is 0 Å². The Balaban J connectivity index is 3.17. The maximum atomic E-state index is 11.3. The van der Waals surface area contributed by atoms with Gasteiger partial charge in [0.1, 0.15) is 5.82 Å². The van der Waals surface area contributed by atoms with Crippen LogP contribution in [-0.2, 0) is 10.0 Å². The van der Waals surface area contributed by atoms with Gasteiger partial charge in [-0.15, -0.1) is 0 Å². The number of hydrazine groups is 1. The largest absolute Gasteiger partial charge is 0.308 e. The first-order valence-electron chi connectivity index (χ1n) is 3.46. The molecule has 0 aliphatic rings. The number of rotatable bonds is 3. The van der Waals surface area contributed by atoms with Gasteiger partial charge in [-0.2, -0.15) is 0 Å². The predicted octanol–water partition coefficient (Wildman–Crippen LogP) is -0.725. The monoisotopic (exact) mass is 202 g/mol. The Labute approximate surface area is 76.2 Å². The highest BCUT2D eigenvalue weighted by atomic mass is 32.2. The van der Waals surface area contributed by atoms with Crippen LogP contribution in [0.25, 0.3) is 0 Å². The fourth-order valence-corrected chi connectivity index (χ4v) is 1.52. The van der Waals surface area contributed by atoms with Crippen molar-refractivity contribution in [3.05, 3.63) is 18.3 Å². The number of hydrogen-bond donors (Lipinski definition) is 3. The van der Waals surface area contributed by atoms with Crippen molar-refractivity contribution in [2.75, 3.05) is 12.5 Å². The first-order valence-corrected chi connectivity index (χ1v) is 4.94. The van der Waals surface area contributed by atoms with Crippen molar-refractivity contribution >= 4 is 15.8 Å².